The number of hydrogen-bond donors (Lipinski definition) is 2. The number of carbonyl (C=O) groups excluding carboxylic acids is 1. The zero-order chi connectivity index (χ0) is 20.8. The van der Waals surface area contributed by atoms with E-state index in [9.17, 15) is 9.59 Å². The number of aliphatic carboxylic acids is 1. The molecule has 1 amide bonds. The minimum Gasteiger partial charge on any atom is -0.481 e. The predicted molar refractivity (Wildman–Crippen MR) is 115 cm³/mol. The molecule has 0 bridgehead atoms. The molecule has 27 heavy (non-hydrogen) atoms. The first kappa shape index (κ1) is 28.1. The average Bonchev–Trinajstić information content (AvgIpc) is 2.64. The molecule has 0 rings (SSSR count). The van der Waals surface area contributed by atoms with Gasteiger partial charge in [0.05, 0.1) is 6.54 Å². The normalized spacial score (nSPS) is 10.2. The summed E-state index contributed by atoms with van der Waals surface area (Å²) in [5.41, 5.74) is 4.98. The van der Waals surface area contributed by atoms with Crippen molar-refractivity contribution in [3.8, 4) is 0 Å². The van der Waals surface area contributed by atoms with Gasteiger partial charge in [-0.25, -0.2) is 0 Å². The Kier molecular flexibility index (Phi) is 23.9. The molecule has 5 heteroatoms. The Hall–Kier alpha value is -1.10. The van der Waals surface area contributed by atoms with Gasteiger partial charge >= 0.3 is 5.97 Å². The minimum atomic E-state index is -0.653. The summed E-state index contributed by atoms with van der Waals surface area (Å²) in [6, 6.07) is 0. The average molecular weight is 387 g/mol. The number of nitrogens with zero attached hydrogens (tertiary/aromatic N) is 1. The Morgan fingerprint density at radius 3 is 1.26 bits per heavy atom. The predicted octanol–water partition coefficient (Wildman–Crippen LogP) is 5.37. The van der Waals surface area contributed by atoms with Gasteiger partial charge in [0.2, 0.25) is 5.91 Å². The molecule has 0 spiro atoms. The number of rotatable bonds is 17. The van der Waals surface area contributed by atoms with Crippen LogP contribution in [-0.4, -0.2) is 42.5 Å². The fourth-order valence-electron chi connectivity index (χ4n) is 2.83. The second-order valence-corrected chi connectivity index (χ2v) is 7.59. The molecule has 5 nitrogen and oxygen atoms in total. The lowest BCUT2D eigenvalue weighted by molar-refractivity contribution is -0.137. The van der Waals surface area contributed by atoms with E-state index in [0.29, 0.717) is 6.42 Å². The van der Waals surface area contributed by atoms with Crippen molar-refractivity contribution in [2.75, 3.05) is 20.6 Å². The van der Waals surface area contributed by atoms with Crippen LogP contribution < -0.4 is 5.73 Å². The van der Waals surface area contributed by atoms with Gasteiger partial charge in [-0.1, -0.05) is 96.8 Å². The lowest BCUT2D eigenvalue weighted by atomic mass is 10.0. The van der Waals surface area contributed by atoms with Crippen LogP contribution in [0.1, 0.15) is 110 Å². The van der Waals surface area contributed by atoms with Gasteiger partial charge in [-0.15, -0.1) is 0 Å². The van der Waals surface area contributed by atoms with E-state index in [-0.39, 0.29) is 12.5 Å². The molecule has 0 radical (unpaired) electrons. The van der Waals surface area contributed by atoms with Gasteiger partial charge in [0.25, 0.3) is 0 Å². The van der Waals surface area contributed by atoms with Crippen molar-refractivity contribution in [3.05, 3.63) is 0 Å². The molecular formula is C22H46N2O3. The molecule has 0 aromatic rings. The summed E-state index contributed by atoms with van der Waals surface area (Å²) in [5, 5.41) is 8.52. The highest BCUT2D eigenvalue weighted by molar-refractivity contribution is 5.77. The maximum Gasteiger partial charge on any atom is 0.303 e. The van der Waals surface area contributed by atoms with E-state index < -0.39 is 5.97 Å². The fraction of sp³-hybridized carbons (Fsp3) is 0.909. The fourth-order valence-corrected chi connectivity index (χ4v) is 2.83. The van der Waals surface area contributed by atoms with Crippen molar-refractivity contribution in [2.24, 2.45) is 5.73 Å². The lowest BCUT2D eigenvalue weighted by Crippen LogP contribution is -2.28. The quantitative estimate of drug-likeness (QED) is 0.329. The van der Waals surface area contributed by atoms with E-state index in [1.54, 1.807) is 14.1 Å². The third kappa shape index (κ3) is 27.2. The third-order valence-corrected chi connectivity index (χ3v) is 4.67. The van der Waals surface area contributed by atoms with Crippen LogP contribution in [0.3, 0.4) is 0 Å². The number of amides is 1. The Bertz CT molecular complexity index is 334. The van der Waals surface area contributed by atoms with Gasteiger partial charge in [-0.05, 0) is 6.42 Å². The van der Waals surface area contributed by atoms with Crippen molar-refractivity contribution < 1.29 is 14.7 Å². The molecule has 0 aromatic carbocycles. The highest BCUT2D eigenvalue weighted by atomic mass is 16.4. The zero-order valence-corrected chi connectivity index (χ0v) is 18.3. The number of carboxylic acids is 1. The Balaban J connectivity index is 0. The van der Waals surface area contributed by atoms with Gasteiger partial charge in [0.1, 0.15) is 0 Å². The van der Waals surface area contributed by atoms with Crippen LogP contribution in [0.4, 0.5) is 0 Å². The topological polar surface area (TPSA) is 83.6 Å². The molecule has 0 aliphatic carbocycles. The van der Waals surface area contributed by atoms with Gasteiger partial charge in [0, 0.05) is 20.5 Å². The number of nitrogens with two attached hydrogens (primary N) is 1. The van der Waals surface area contributed by atoms with E-state index >= 15 is 0 Å². The molecule has 0 atom stereocenters. The first-order valence-electron chi connectivity index (χ1n) is 11.1. The van der Waals surface area contributed by atoms with Gasteiger partial charge in [0.15, 0.2) is 0 Å². The number of likely N-dealkylation sites (N-methyl/N-ethyl adjacent to an activating group) is 1. The van der Waals surface area contributed by atoms with Crippen molar-refractivity contribution in [1.82, 2.24) is 4.90 Å². The molecule has 162 valence electrons. The van der Waals surface area contributed by atoms with E-state index in [1.807, 2.05) is 0 Å². The molecule has 0 fully saturated rings. The van der Waals surface area contributed by atoms with Crippen LogP contribution in [0, 0.1) is 0 Å². The van der Waals surface area contributed by atoms with Gasteiger partial charge < -0.3 is 15.7 Å². The first-order valence-corrected chi connectivity index (χ1v) is 11.1. The monoisotopic (exact) mass is 386 g/mol. The van der Waals surface area contributed by atoms with E-state index in [1.165, 1.54) is 88.4 Å². The molecule has 0 saturated heterocycles. The summed E-state index contributed by atoms with van der Waals surface area (Å²) >= 11 is 0. The molecule has 3 N–H and O–H groups in total. The molecule has 0 aliphatic heterocycles. The standard InChI is InChI=1S/C18H36O2.C4H10N2O/c1-2-3-4-5-6-7-8-9-10-11-12-13-14-15-16-17-18(19)20;1-6(2)4(7)3-5/h2-17H2,1H3,(H,19,20);3,5H2,1-2H3. The van der Waals surface area contributed by atoms with Crippen molar-refractivity contribution in [3.63, 3.8) is 0 Å². The molecule has 0 aromatic heterocycles. The Morgan fingerprint density at radius 1 is 0.704 bits per heavy atom. The molecule has 0 aliphatic rings. The van der Waals surface area contributed by atoms with Crippen LogP contribution in [0.25, 0.3) is 0 Å². The number of carbonyl (C=O) groups is 2. The van der Waals surface area contributed by atoms with E-state index in [0.717, 1.165) is 12.8 Å². The van der Waals surface area contributed by atoms with Crippen LogP contribution in [0.5, 0.6) is 0 Å². The van der Waals surface area contributed by atoms with Crippen LogP contribution in [0.15, 0.2) is 0 Å². The summed E-state index contributed by atoms with van der Waals surface area (Å²) in [6.45, 7) is 2.37. The highest BCUT2D eigenvalue weighted by Crippen LogP contribution is 2.13. The smallest absolute Gasteiger partial charge is 0.303 e. The van der Waals surface area contributed by atoms with Crippen LogP contribution in [-0.2, 0) is 9.59 Å². The summed E-state index contributed by atoms with van der Waals surface area (Å²) in [5.74, 6) is -0.695. The first-order chi connectivity index (χ1) is 13.0. The molecular weight excluding hydrogens is 340 g/mol. The lowest BCUT2D eigenvalue weighted by Gasteiger charge is -2.05. The van der Waals surface area contributed by atoms with E-state index in [2.05, 4.69) is 6.92 Å². The van der Waals surface area contributed by atoms with Crippen LogP contribution in [0.2, 0.25) is 0 Å². The second kappa shape index (κ2) is 22.9. The molecule has 0 heterocycles. The Labute approximate surface area is 168 Å². The third-order valence-electron chi connectivity index (χ3n) is 4.67. The molecule has 0 unspecified atom stereocenters. The maximum atomic E-state index is 10.3. The highest BCUT2D eigenvalue weighted by Gasteiger charge is 1.97. The minimum absolute atomic E-state index is 0.0417. The summed E-state index contributed by atoms with van der Waals surface area (Å²) in [4.78, 5) is 22.1. The maximum absolute atomic E-state index is 10.3. The molecule has 0 saturated carbocycles. The Morgan fingerprint density at radius 2 is 1.04 bits per heavy atom. The zero-order valence-electron chi connectivity index (χ0n) is 18.3. The summed E-state index contributed by atoms with van der Waals surface area (Å²) < 4.78 is 0. The van der Waals surface area contributed by atoms with Crippen molar-refractivity contribution in [2.45, 2.75) is 110 Å². The number of unbranched alkanes of at least 4 members (excludes halogenated alkanes) is 14. The largest absolute Gasteiger partial charge is 0.481 e. The van der Waals surface area contributed by atoms with E-state index in [4.69, 9.17) is 10.8 Å². The second-order valence-electron chi connectivity index (χ2n) is 7.59. The number of hydrogen-bond acceptors (Lipinski definition) is 3. The van der Waals surface area contributed by atoms with Crippen molar-refractivity contribution in [1.29, 1.82) is 0 Å². The summed E-state index contributed by atoms with van der Waals surface area (Å²) in [6.07, 6.45) is 20.2. The number of carboxylic acid groups (broad SMARTS) is 1. The summed E-state index contributed by atoms with van der Waals surface area (Å²) in [7, 11) is 3.35. The van der Waals surface area contributed by atoms with Gasteiger partial charge in [-0.2, -0.15) is 0 Å². The van der Waals surface area contributed by atoms with Crippen molar-refractivity contribution >= 4 is 11.9 Å². The van der Waals surface area contributed by atoms with Gasteiger partial charge in [-0.3, -0.25) is 9.59 Å². The van der Waals surface area contributed by atoms with Crippen LogP contribution >= 0.6 is 0 Å². The SMILES string of the molecule is CCCCCCCCCCCCCCCCCC(=O)O.CN(C)C(=O)CN.